The molecule has 144 valence electrons. The van der Waals surface area contributed by atoms with E-state index in [0.717, 1.165) is 39.8 Å². The van der Waals surface area contributed by atoms with Gasteiger partial charge in [0, 0.05) is 47.1 Å². The Morgan fingerprint density at radius 1 is 0.931 bits per heavy atom. The number of benzene rings is 3. The van der Waals surface area contributed by atoms with Gasteiger partial charge in [-0.25, -0.2) is 4.79 Å². The molecule has 0 aliphatic carbocycles. The van der Waals surface area contributed by atoms with Gasteiger partial charge < -0.3 is 9.32 Å². The highest BCUT2D eigenvalue weighted by molar-refractivity contribution is 6.17. The van der Waals surface area contributed by atoms with Crippen molar-refractivity contribution in [2.75, 3.05) is 11.9 Å². The van der Waals surface area contributed by atoms with E-state index >= 15 is 0 Å². The number of rotatable bonds is 1. The summed E-state index contributed by atoms with van der Waals surface area (Å²) in [5.74, 6) is 0. The van der Waals surface area contributed by atoms with Gasteiger partial charge in [0.15, 0.2) is 0 Å². The fraction of sp³-hybridized carbons (Fsp3) is 0.200. The highest BCUT2D eigenvalue weighted by atomic mass is 16.4. The zero-order chi connectivity index (χ0) is 20.2. The summed E-state index contributed by atoms with van der Waals surface area (Å²) >= 11 is 0. The van der Waals surface area contributed by atoms with Crippen molar-refractivity contribution in [1.29, 1.82) is 0 Å². The van der Waals surface area contributed by atoms with E-state index in [0.29, 0.717) is 5.58 Å². The Bertz CT molecular complexity index is 1340. The first kappa shape index (κ1) is 17.7. The molecule has 4 nitrogen and oxygen atoms in total. The SMILES string of the molecule is CN1c2ccc3oc(=O)ccc3c2C(=Nc2cccc3ccccc23)CC1(C)C. The fourth-order valence-electron chi connectivity index (χ4n) is 4.21. The van der Waals surface area contributed by atoms with Crippen molar-refractivity contribution in [1.82, 2.24) is 0 Å². The predicted octanol–water partition coefficient (Wildman–Crippen LogP) is 5.69. The van der Waals surface area contributed by atoms with Crippen LogP contribution in [0.25, 0.3) is 21.7 Å². The summed E-state index contributed by atoms with van der Waals surface area (Å²) in [5.41, 5.74) is 4.28. The monoisotopic (exact) mass is 382 g/mol. The first-order chi connectivity index (χ1) is 13.9. The van der Waals surface area contributed by atoms with Crippen LogP contribution < -0.4 is 10.5 Å². The highest BCUT2D eigenvalue weighted by Gasteiger charge is 2.35. The summed E-state index contributed by atoms with van der Waals surface area (Å²) in [5, 5.41) is 3.22. The molecule has 0 spiro atoms. The van der Waals surface area contributed by atoms with Gasteiger partial charge in [-0.1, -0.05) is 36.4 Å². The molecule has 4 aromatic rings. The molecule has 0 unspecified atom stereocenters. The minimum absolute atomic E-state index is 0.0836. The van der Waals surface area contributed by atoms with Crippen LogP contribution in [0.2, 0.25) is 0 Å². The molecule has 1 aliphatic heterocycles. The largest absolute Gasteiger partial charge is 0.423 e. The lowest BCUT2D eigenvalue weighted by molar-refractivity contribution is 0.498. The summed E-state index contributed by atoms with van der Waals surface area (Å²) < 4.78 is 5.45. The topological polar surface area (TPSA) is 45.8 Å². The smallest absolute Gasteiger partial charge is 0.336 e. The van der Waals surface area contributed by atoms with Crippen LogP contribution in [-0.4, -0.2) is 18.3 Å². The Hall–Kier alpha value is -3.40. The Kier molecular flexibility index (Phi) is 3.85. The number of hydrogen-bond acceptors (Lipinski definition) is 4. The molecule has 3 aromatic carbocycles. The number of anilines is 1. The van der Waals surface area contributed by atoms with Gasteiger partial charge in [-0.3, -0.25) is 4.99 Å². The van der Waals surface area contributed by atoms with Crippen LogP contribution in [0.3, 0.4) is 0 Å². The molecular weight excluding hydrogens is 360 g/mol. The maximum Gasteiger partial charge on any atom is 0.336 e. The second-order valence-electron chi connectivity index (χ2n) is 8.23. The Balaban J connectivity index is 1.83. The molecule has 1 aromatic heterocycles. The van der Waals surface area contributed by atoms with Gasteiger partial charge in [0.05, 0.1) is 11.4 Å². The van der Waals surface area contributed by atoms with Crippen molar-refractivity contribution in [3.05, 3.63) is 82.7 Å². The Morgan fingerprint density at radius 2 is 1.72 bits per heavy atom. The fourth-order valence-corrected chi connectivity index (χ4v) is 4.21. The summed E-state index contributed by atoms with van der Waals surface area (Å²) in [6, 6.07) is 21.8. The maximum atomic E-state index is 11.7. The third-order valence-corrected chi connectivity index (χ3v) is 5.96. The van der Waals surface area contributed by atoms with E-state index in [9.17, 15) is 4.79 Å². The molecule has 1 aliphatic rings. The van der Waals surface area contributed by atoms with Crippen LogP contribution >= 0.6 is 0 Å². The Morgan fingerprint density at radius 3 is 2.59 bits per heavy atom. The molecule has 0 amide bonds. The summed E-state index contributed by atoms with van der Waals surface area (Å²) in [4.78, 5) is 19.2. The lowest BCUT2D eigenvalue weighted by Crippen LogP contribution is -2.47. The van der Waals surface area contributed by atoms with Crippen molar-refractivity contribution in [2.24, 2.45) is 4.99 Å². The molecule has 29 heavy (non-hydrogen) atoms. The quantitative estimate of drug-likeness (QED) is 0.398. The zero-order valence-corrected chi connectivity index (χ0v) is 16.8. The minimum atomic E-state index is -0.338. The van der Waals surface area contributed by atoms with E-state index in [4.69, 9.17) is 9.41 Å². The highest BCUT2D eigenvalue weighted by Crippen LogP contribution is 2.40. The van der Waals surface area contributed by atoms with Gasteiger partial charge in [-0.05, 0) is 43.5 Å². The molecule has 4 heteroatoms. The lowest BCUT2D eigenvalue weighted by Gasteiger charge is -2.43. The first-order valence-electron chi connectivity index (χ1n) is 9.80. The molecule has 0 N–H and O–H groups in total. The molecule has 0 atom stereocenters. The molecular formula is C25H22N2O2. The standard InChI is InChI=1S/C25H22N2O2/c1-25(2)15-20(26-19-10-6-8-16-7-4-5-9-17(16)19)24-18-11-14-23(28)29-22(18)13-12-21(24)27(25)3/h4-14H,15H2,1-3H3. The van der Waals surface area contributed by atoms with Crippen LogP contribution in [0.5, 0.6) is 0 Å². The average molecular weight is 382 g/mol. The van der Waals surface area contributed by atoms with E-state index in [1.165, 1.54) is 11.5 Å². The molecule has 0 saturated carbocycles. The van der Waals surface area contributed by atoms with Gasteiger partial charge in [0.2, 0.25) is 0 Å². The zero-order valence-electron chi connectivity index (χ0n) is 16.8. The summed E-state index contributed by atoms with van der Waals surface area (Å²) in [6.45, 7) is 4.45. The third-order valence-electron chi connectivity index (χ3n) is 5.96. The van der Waals surface area contributed by atoms with Crippen molar-refractivity contribution in [3.8, 4) is 0 Å². The second kappa shape index (κ2) is 6.31. The molecule has 5 rings (SSSR count). The number of hydrogen-bond donors (Lipinski definition) is 0. The Labute approximate surface area is 169 Å². The van der Waals surface area contributed by atoms with Crippen LogP contribution in [0.1, 0.15) is 25.8 Å². The number of nitrogens with zero attached hydrogens (tertiary/aromatic N) is 2. The van der Waals surface area contributed by atoms with E-state index < -0.39 is 0 Å². The normalized spacial score (nSPS) is 17.1. The van der Waals surface area contributed by atoms with Gasteiger partial charge in [-0.2, -0.15) is 0 Å². The van der Waals surface area contributed by atoms with Crippen molar-refractivity contribution >= 4 is 38.8 Å². The summed E-state index contributed by atoms with van der Waals surface area (Å²) in [6.07, 6.45) is 0.790. The summed E-state index contributed by atoms with van der Waals surface area (Å²) in [7, 11) is 2.11. The lowest BCUT2D eigenvalue weighted by atomic mass is 9.84. The van der Waals surface area contributed by atoms with Crippen molar-refractivity contribution < 1.29 is 4.42 Å². The van der Waals surface area contributed by atoms with Gasteiger partial charge >= 0.3 is 5.63 Å². The number of fused-ring (bicyclic) bond motifs is 4. The van der Waals surface area contributed by atoms with Crippen molar-refractivity contribution in [3.63, 3.8) is 0 Å². The third kappa shape index (κ3) is 2.83. The van der Waals surface area contributed by atoms with Crippen LogP contribution in [0, 0.1) is 0 Å². The number of aliphatic imine (C=N–C) groups is 1. The average Bonchev–Trinajstić information content (AvgIpc) is 2.71. The minimum Gasteiger partial charge on any atom is -0.423 e. The maximum absolute atomic E-state index is 11.7. The van der Waals surface area contributed by atoms with Gasteiger partial charge in [0.25, 0.3) is 0 Å². The van der Waals surface area contributed by atoms with Crippen LogP contribution in [0.15, 0.2) is 80.9 Å². The van der Waals surface area contributed by atoms with Crippen LogP contribution in [0.4, 0.5) is 11.4 Å². The molecule has 0 saturated heterocycles. The molecule has 2 heterocycles. The second-order valence-corrected chi connectivity index (χ2v) is 8.23. The first-order valence-corrected chi connectivity index (χ1v) is 9.80. The van der Waals surface area contributed by atoms with Crippen molar-refractivity contribution in [2.45, 2.75) is 25.8 Å². The van der Waals surface area contributed by atoms with E-state index in [2.05, 4.69) is 50.1 Å². The van der Waals surface area contributed by atoms with E-state index in [-0.39, 0.29) is 11.2 Å². The molecule has 0 fully saturated rings. The van der Waals surface area contributed by atoms with Crippen LogP contribution in [-0.2, 0) is 0 Å². The van der Waals surface area contributed by atoms with Gasteiger partial charge in [0.1, 0.15) is 5.58 Å². The predicted molar refractivity (Wildman–Crippen MR) is 120 cm³/mol. The van der Waals surface area contributed by atoms with Gasteiger partial charge in [-0.15, -0.1) is 0 Å². The molecule has 0 bridgehead atoms. The van der Waals surface area contributed by atoms with E-state index in [1.54, 1.807) is 0 Å². The molecule has 0 radical (unpaired) electrons. The van der Waals surface area contributed by atoms with E-state index in [1.807, 2.05) is 36.4 Å².